The fraction of sp³-hybridized carbons (Fsp3) is 0.227. The lowest BCUT2D eigenvalue weighted by Gasteiger charge is -2.19. The Bertz CT molecular complexity index is 1000. The van der Waals surface area contributed by atoms with Gasteiger partial charge in [-0.1, -0.05) is 18.2 Å². The Balaban J connectivity index is 1.56. The Kier molecular flexibility index (Phi) is 4.93. The molecule has 28 heavy (non-hydrogen) atoms. The maximum absolute atomic E-state index is 11.8. The molecule has 0 spiro atoms. The first kappa shape index (κ1) is 18.0. The van der Waals surface area contributed by atoms with Gasteiger partial charge in [-0.25, -0.2) is 14.8 Å². The number of hydrogen-bond acceptors (Lipinski definition) is 6. The van der Waals surface area contributed by atoms with Gasteiger partial charge in [-0.15, -0.1) is 0 Å². The molecule has 2 aromatic carbocycles. The molecule has 1 aliphatic heterocycles. The van der Waals surface area contributed by atoms with Crippen LogP contribution in [0.2, 0.25) is 0 Å². The van der Waals surface area contributed by atoms with Crippen molar-refractivity contribution in [3.63, 3.8) is 0 Å². The van der Waals surface area contributed by atoms with Crippen molar-refractivity contribution in [1.82, 2.24) is 9.97 Å². The third-order valence-electron chi connectivity index (χ3n) is 4.66. The summed E-state index contributed by atoms with van der Waals surface area (Å²) in [5.74, 6) is 1.98. The monoisotopic (exact) mass is 374 g/mol. The number of fused-ring (bicyclic) bond motifs is 1. The minimum Gasteiger partial charge on any atom is -0.462 e. The molecule has 0 bridgehead atoms. The van der Waals surface area contributed by atoms with Crippen molar-refractivity contribution >= 4 is 29.0 Å². The molecule has 0 fully saturated rings. The van der Waals surface area contributed by atoms with E-state index in [-0.39, 0.29) is 5.97 Å². The lowest BCUT2D eigenvalue weighted by Crippen LogP contribution is -2.16. The molecule has 1 aromatic heterocycles. The van der Waals surface area contributed by atoms with Crippen molar-refractivity contribution in [2.75, 3.05) is 23.4 Å². The van der Waals surface area contributed by atoms with E-state index in [9.17, 15) is 4.79 Å². The molecular formula is C22H22N4O2. The summed E-state index contributed by atoms with van der Waals surface area (Å²) in [7, 11) is 0. The standard InChI is InChI=1S/C22H22N4O2/c1-3-28-22(27)17-8-10-18(11-9-17)25-20-14-21(24-15(2)23-20)26-13-12-16-6-4-5-7-19(16)26/h4-11,14H,3,12-13H2,1-2H3,(H,23,24,25). The molecular weight excluding hydrogens is 352 g/mol. The van der Waals surface area contributed by atoms with Gasteiger partial charge in [-0.2, -0.15) is 0 Å². The third-order valence-corrected chi connectivity index (χ3v) is 4.66. The zero-order valence-corrected chi connectivity index (χ0v) is 16.0. The number of para-hydroxylation sites is 1. The number of aromatic nitrogens is 2. The SMILES string of the molecule is CCOC(=O)c1ccc(Nc2cc(N3CCc4ccccc43)nc(C)n2)cc1. The molecule has 142 valence electrons. The van der Waals surface area contributed by atoms with Gasteiger partial charge in [0.25, 0.3) is 0 Å². The molecule has 3 aromatic rings. The van der Waals surface area contributed by atoms with Crippen LogP contribution in [0.3, 0.4) is 0 Å². The van der Waals surface area contributed by atoms with E-state index in [1.165, 1.54) is 11.3 Å². The zero-order chi connectivity index (χ0) is 19.5. The molecule has 0 unspecified atom stereocenters. The Morgan fingerprint density at radius 2 is 1.93 bits per heavy atom. The van der Waals surface area contributed by atoms with Gasteiger partial charge in [-0.3, -0.25) is 0 Å². The summed E-state index contributed by atoms with van der Waals surface area (Å²) < 4.78 is 5.02. The van der Waals surface area contributed by atoms with Crippen LogP contribution in [-0.4, -0.2) is 29.1 Å². The van der Waals surface area contributed by atoms with Crippen molar-refractivity contribution < 1.29 is 9.53 Å². The van der Waals surface area contributed by atoms with Crippen LogP contribution in [0, 0.1) is 6.92 Å². The number of aryl methyl sites for hydroxylation is 1. The van der Waals surface area contributed by atoms with Crippen LogP contribution in [0.1, 0.15) is 28.7 Å². The Labute approximate surface area is 164 Å². The molecule has 0 radical (unpaired) electrons. The minimum atomic E-state index is -0.318. The molecule has 0 aliphatic carbocycles. The highest BCUT2D eigenvalue weighted by molar-refractivity contribution is 5.89. The first-order valence-electron chi connectivity index (χ1n) is 9.39. The molecule has 1 aliphatic rings. The predicted molar refractivity (Wildman–Crippen MR) is 110 cm³/mol. The normalized spacial score (nSPS) is 12.6. The smallest absolute Gasteiger partial charge is 0.338 e. The van der Waals surface area contributed by atoms with Crippen LogP contribution >= 0.6 is 0 Å². The molecule has 4 rings (SSSR count). The van der Waals surface area contributed by atoms with Crippen LogP contribution in [0.4, 0.5) is 23.0 Å². The number of ether oxygens (including phenoxy) is 1. The van der Waals surface area contributed by atoms with Gasteiger partial charge in [0.15, 0.2) is 0 Å². The summed E-state index contributed by atoms with van der Waals surface area (Å²) >= 11 is 0. The van der Waals surface area contributed by atoms with Gasteiger partial charge in [-0.05, 0) is 56.2 Å². The highest BCUT2D eigenvalue weighted by Gasteiger charge is 2.21. The molecule has 6 heteroatoms. The first-order chi connectivity index (χ1) is 13.6. The fourth-order valence-electron chi connectivity index (χ4n) is 3.38. The Morgan fingerprint density at radius 1 is 1.14 bits per heavy atom. The number of carbonyl (C=O) groups excluding carboxylic acids is 1. The van der Waals surface area contributed by atoms with Crippen LogP contribution in [0.5, 0.6) is 0 Å². The van der Waals surface area contributed by atoms with Gasteiger partial charge >= 0.3 is 5.97 Å². The van der Waals surface area contributed by atoms with Crippen molar-refractivity contribution in [1.29, 1.82) is 0 Å². The van der Waals surface area contributed by atoms with Gasteiger partial charge in [0, 0.05) is 24.0 Å². The van der Waals surface area contributed by atoms with Crippen molar-refractivity contribution in [2.45, 2.75) is 20.3 Å². The molecule has 0 saturated carbocycles. The minimum absolute atomic E-state index is 0.318. The number of hydrogen-bond donors (Lipinski definition) is 1. The van der Waals surface area contributed by atoms with E-state index in [0.717, 1.165) is 30.3 Å². The number of benzene rings is 2. The topological polar surface area (TPSA) is 67.3 Å². The van der Waals surface area contributed by atoms with Crippen LogP contribution < -0.4 is 10.2 Å². The summed E-state index contributed by atoms with van der Waals surface area (Å²) in [5.41, 5.74) is 3.91. The van der Waals surface area contributed by atoms with E-state index >= 15 is 0 Å². The largest absolute Gasteiger partial charge is 0.462 e. The molecule has 1 N–H and O–H groups in total. The van der Waals surface area contributed by atoms with Gasteiger partial charge in [0.1, 0.15) is 17.5 Å². The highest BCUT2D eigenvalue weighted by atomic mass is 16.5. The van der Waals surface area contributed by atoms with Crippen LogP contribution in [0.25, 0.3) is 0 Å². The zero-order valence-electron chi connectivity index (χ0n) is 16.0. The summed E-state index contributed by atoms with van der Waals surface area (Å²) in [6, 6.07) is 17.5. The van der Waals surface area contributed by atoms with Crippen molar-refractivity contribution in [3.8, 4) is 0 Å². The Morgan fingerprint density at radius 3 is 2.71 bits per heavy atom. The second kappa shape index (κ2) is 7.68. The van der Waals surface area contributed by atoms with E-state index in [1.54, 1.807) is 19.1 Å². The quantitative estimate of drug-likeness (QED) is 0.668. The molecule has 0 atom stereocenters. The number of nitrogens with one attached hydrogen (secondary N) is 1. The van der Waals surface area contributed by atoms with Crippen LogP contribution in [-0.2, 0) is 11.2 Å². The lowest BCUT2D eigenvalue weighted by molar-refractivity contribution is 0.0526. The molecule has 0 saturated heterocycles. The average Bonchev–Trinajstić information content (AvgIpc) is 3.12. The summed E-state index contributed by atoms with van der Waals surface area (Å²) in [4.78, 5) is 23.1. The van der Waals surface area contributed by atoms with E-state index in [0.29, 0.717) is 18.0 Å². The fourth-order valence-corrected chi connectivity index (χ4v) is 3.38. The number of esters is 1. The van der Waals surface area contributed by atoms with E-state index in [1.807, 2.05) is 25.1 Å². The molecule has 2 heterocycles. The summed E-state index contributed by atoms with van der Waals surface area (Å²) in [6.07, 6.45) is 1.01. The second-order valence-corrected chi connectivity index (χ2v) is 6.61. The predicted octanol–water partition coefficient (Wildman–Crippen LogP) is 4.40. The molecule has 6 nitrogen and oxygen atoms in total. The number of rotatable bonds is 5. The van der Waals surface area contributed by atoms with Gasteiger partial charge < -0.3 is 15.0 Å². The molecule has 0 amide bonds. The van der Waals surface area contributed by atoms with Crippen molar-refractivity contribution in [2.24, 2.45) is 0 Å². The maximum Gasteiger partial charge on any atom is 0.338 e. The number of anilines is 4. The van der Waals surface area contributed by atoms with Gasteiger partial charge in [0.2, 0.25) is 0 Å². The number of nitrogens with zero attached hydrogens (tertiary/aromatic N) is 3. The number of carbonyl (C=O) groups is 1. The first-order valence-corrected chi connectivity index (χ1v) is 9.39. The van der Waals surface area contributed by atoms with E-state index in [4.69, 9.17) is 4.74 Å². The Hall–Kier alpha value is -3.41. The van der Waals surface area contributed by atoms with Crippen molar-refractivity contribution in [3.05, 3.63) is 71.5 Å². The lowest BCUT2D eigenvalue weighted by atomic mass is 10.2. The van der Waals surface area contributed by atoms with E-state index < -0.39 is 0 Å². The summed E-state index contributed by atoms with van der Waals surface area (Å²) in [5, 5.41) is 3.30. The maximum atomic E-state index is 11.8. The second-order valence-electron chi connectivity index (χ2n) is 6.61. The summed E-state index contributed by atoms with van der Waals surface area (Å²) in [6.45, 7) is 4.95. The highest BCUT2D eigenvalue weighted by Crippen LogP contribution is 2.34. The average molecular weight is 374 g/mol. The van der Waals surface area contributed by atoms with E-state index in [2.05, 4.69) is 44.5 Å². The third kappa shape index (κ3) is 3.67. The van der Waals surface area contributed by atoms with Crippen LogP contribution in [0.15, 0.2) is 54.6 Å². The van der Waals surface area contributed by atoms with Gasteiger partial charge in [0.05, 0.1) is 12.2 Å².